The normalized spacial score (nSPS) is 11.5. The molecule has 0 aliphatic rings. The molecule has 0 radical (unpaired) electrons. The molecule has 0 N–H and O–H groups in total. The van der Waals surface area contributed by atoms with E-state index in [0.29, 0.717) is 5.57 Å². The first-order valence-corrected chi connectivity index (χ1v) is 8.87. The summed E-state index contributed by atoms with van der Waals surface area (Å²) in [6.45, 7) is 4.15. The molecule has 3 nitrogen and oxygen atoms in total. The van der Waals surface area contributed by atoms with Gasteiger partial charge in [-0.1, -0.05) is 36.4 Å². The lowest BCUT2D eigenvalue weighted by Crippen LogP contribution is -1.98. The van der Waals surface area contributed by atoms with Gasteiger partial charge in [-0.3, -0.25) is 4.98 Å². The summed E-state index contributed by atoms with van der Waals surface area (Å²) in [4.78, 5) is 4.09. The Bertz CT molecular complexity index is 1190. The molecule has 4 rings (SSSR count). The van der Waals surface area contributed by atoms with Gasteiger partial charge in [-0.05, 0) is 66.1 Å². The fourth-order valence-corrected chi connectivity index (χ4v) is 3.52. The van der Waals surface area contributed by atoms with Gasteiger partial charge in [0.1, 0.15) is 0 Å². The van der Waals surface area contributed by atoms with Crippen molar-refractivity contribution in [1.29, 1.82) is 5.26 Å². The minimum Gasteiger partial charge on any atom is -0.318 e. The number of pyridine rings is 1. The summed E-state index contributed by atoms with van der Waals surface area (Å²) in [5, 5.41) is 12.1. The molecule has 0 saturated carbocycles. The fraction of sp³-hybridized carbons (Fsp3) is 0.0833. The highest BCUT2D eigenvalue weighted by Crippen LogP contribution is 2.26. The second-order valence-corrected chi connectivity index (χ2v) is 6.60. The number of aromatic nitrogens is 2. The predicted octanol–water partition coefficient (Wildman–Crippen LogP) is 5.71. The van der Waals surface area contributed by atoms with Crippen LogP contribution in [0.3, 0.4) is 0 Å². The Labute approximate surface area is 158 Å². The van der Waals surface area contributed by atoms with E-state index < -0.39 is 0 Å². The number of aryl methyl sites for hydroxylation is 1. The second-order valence-electron chi connectivity index (χ2n) is 6.60. The Hall–Kier alpha value is -3.64. The maximum absolute atomic E-state index is 9.76. The standard InChI is InChI=1S/C24H19N3/c1-17-13-22(18(2)27(17)24-9-11-26-12-10-24)15-23(16-25)21-8-7-19-5-3-4-6-20(19)14-21/h3-15H,1-2H3/b23-15-. The molecule has 0 amide bonds. The van der Waals surface area contributed by atoms with Crippen LogP contribution in [-0.2, 0) is 0 Å². The number of rotatable bonds is 3. The van der Waals surface area contributed by atoms with Gasteiger partial charge < -0.3 is 4.57 Å². The molecule has 0 saturated heterocycles. The summed E-state index contributed by atoms with van der Waals surface area (Å²) in [7, 11) is 0. The average molecular weight is 349 g/mol. The number of hydrogen-bond donors (Lipinski definition) is 0. The molecule has 3 heteroatoms. The minimum absolute atomic E-state index is 0.663. The van der Waals surface area contributed by atoms with Crippen LogP contribution in [0.15, 0.2) is 73.1 Å². The topological polar surface area (TPSA) is 41.6 Å². The zero-order chi connectivity index (χ0) is 18.8. The molecule has 2 heterocycles. The van der Waals surface area contributed by atoms with Crippen LogP contribution in [0, 0.1) is 25.2 Å². The zero-order valence-electron chi connectivity index (χ0n) is 15.3. The van der Waals surface area contributed by atoms with Gasteiger partial charge >= 0.3 is 0 Å². The summed E-state index contributed by atoms with van der Waals surface area (Å²) < 4.78 is 2.18. The van der Waals surface area contributed by atoms with Gasteiger partial charge in [0.25, 0.3) is 0 Å². The molecule has 0 bridgehead atoms. The fourth-order valence-electron chi connectivity index (χ4n) is 3.52. The lowest BCUT2D eigenvalue weighted by molar-refractivity contribution is 0.960. The molecule has 0 spiro atoms. The Kier molecular flexibility index (Phi) is 4.32. The largest absolute Gasteiger partial charge is 0.318 e. The number of allylic oxidation sites excluding steroid dienone is 1. The molecule has 4 aromatic rings. The Morgan fingerprint density at radius 3 is 2.44 bits per heavy atom. The summed E-state index contributed by atoms with van der Waals surface area (Å²) in [5.74, 6) is 0. The van der Waals surface area contributed by atoms with E-state index in [4.69, 9.17) is 0 Å². The highest BCUT2D eigenvalue weighted by molar-refractivity contribution is 5.94. The van der Waals surface area contributed by atoms with Crippen LogP contribution in [0.25, 0.3) is 28.1 Å². The SMILES string of the molecule is Cc1cc(/C=C(/C#N)c2ccc3ccccc3c2)c(C)n1-c1ccncc1. The Morgan fingerprint density at radius 1 is 0.963 bits per heavy atom. The number of benzene rings is 2. The van der Waals surface area contributed by atoms with E-state index in [1.165, 1.54) is 5.39 Å². The van der Waals surface area contributed by atoms with E-state index >= 15 is 0 Å². The van der Waals surface area contributed by atoms with Crippen molar-refractivity contribution < 1.29 is 0 Å². The van der Waals surface area contributed by atoms with Gasteiger partial charge in [0.05, 0.1) is 11.6 Å². The first-order valence-electron chi connectivity index (χ1n) is 8.87. The van der Waals surface area contributed by atoms with Crippen LogP contribution in [0.1, 0.15) is 22.5 Å². The number of nitriles is 1. The van der Waals surface area contributed by atoms with Gasteiger partial charge in [0, 0.05) is 29.5 Å². The van der Waals surface area contributed by atoms with Crippen molar-refractivity contribution in [3.8, 4) is 11.8 Å². The van der Waals surface area contributed by atoms with Crippen molar-refractivity contribution in [2.24, 2.45) is 0 Å². The van der Waals surface area contributed by atoms with Crippen LogP contribution in [0.5, 0.6) is 0 Å². The molecule has 0 unspecified atom stereocenters. The van der Waals surface area contributed by atoms with Gasteiger partial charge in [-0.15, -0.1) is 0 Å². The van der Waals surface area contributed by atoms with Crippen LogP contribution < -0.4 is 0 Å². The second kappa shape index (κ2) is 6.93. The van der Waals surface area contributed by atoms with Crippen LogP contribution in [-0.4, -0.2) is 9.55 Å². The average Bonchev–Trinajstić information content (AvgIpc) is 2.99. The molecular formula is C24H19N3. The molecular weight excluding hydrogens is 330 g/mol. The van der Waals surface area contributed by atoms with E-state index in [1.807, 2.05) is 36.4 Å². The highest BCUT2D eigenvalue weighted by Gasteiger charge is 2.11. The van der Waals surface area contributed by atoms with Gasteiger partial charge in [-0.2, -0.15) is 5.26 Å². The third kappa shape index (κ3) is 3.14. The van der Waals surface area contributed by atoms with E-state index in [2.05, 4.69) is 59.8 Å². The lowest BCUT2D eigenvalue weighted by Gasteiger charge is -2.09. The van der Waals surface area contributed by atoms with E-state index in [9.17, 15) is 5.26 Å². The maximum Gasteiger partial charge on any atom is 0.0998 e. The number of fused-ring (bicyclic) bond motifs is 1. The molecule has 0 aliphatic carbocycles. The molecule has 0 fully saturated rings. The summed E-state index contributed by atoms with van der Waals surface area (Å²) >= 11 is 0. The maximum atomic E-state index is 9.76. The Morgan fingerprint density at radius 2 is 1.70 bits per heavy atom. The van der Waals surface area contributed by atoms with Gasteiger partial charge in [0.2, 0.25) is 0 Å². The first kappa shape index (κ1) is 16.8. The third-order valence-corrected chi connectivity index (χ3v) is 4.87. The minimum atomic E-state index is 0.663. The van der Waals surface area contributed by atoms with Crippen LogP contribution in [0.4, 0.5) is 0 Å². The van der Waals surface area contributed by atoms with Crippen molar-refractivity contribution in [1.82, 2.24) is 9.55 Å². The summed E-state index contributed by atoms with van der Waals surface area (Å²) in [6, 6.07) is 22.8. The van der Waals surface area contributed by atoms with E-state index in [0.717, 1.165) is 33.6 Å². The molecule has 27 heavy (non-hydrogen) atoms. The van der Waals surface area contributed by atoms with Gasteiger partial charge in [-0.25, -0.2) is 0 Å². The van der Waals surface area contributed by atoms with Crippen LogP contribution >= 0.6 is 0 Å². The van der Waals surface area contributed by atoms with Gasteiger partial charge in [0.15, 0.2) is 0 Å². The van der Waals surface area contributed by atoms with Crippen molar-refractivity contribution in [3.63, 3.8) is 0 Å². The monoisotopic (exact) mass is 349 g/mol. The lowest BCUT2D eigenvalue weighted by atomic mass is 10.0. The zero-order valence-corrected chi connectivity index (χ0v) is 15.3. The number of nitrogens with zero attached hydrogens (tertiary/aromatic N) is 3. The Balaban J connectivity index is 1.80. The smallest absolute Gasteiger partial charge is 0.0998 e. The summed E-state index contributed by atoms with van der Waals surface area (Å²) in [5.41, 5.74) is 5.95. The number of hydrogen-bond acceptors (Lipinski definition) is 2. The quantitative estimate of drug-likeness (QED) is 0.445. The van der Waals surface area contributed by atoms with E-state index in [1.54, 1.807) is 12.4 Å². The van der Waals surface area contributed by atoms with E-state index in [-0.39, 0.29) is 0 Å². The van der Waals surface area contributed by atoms with Crippen molar-refractivity contribution in [2.75, 3.05) is 0 Å². The first-order chi connectivity index (χ1) is 13.2. The molecule has 2 aromatic heterocycles. The third-order valence-electron chi connectivity index (χ3n) is 4.87. The van der Waals surface area contributed by atoms with Crippen molar-refractivity contribution in [3.05, 3.63) is 95.6 Å². The molecule has 2 aromatic carbocycles. The van der Waals surface area contributed by atoms with Crippen molar-refractivity contribution in [2.45, 2.75) is 13.8 Å². The highest BCUT2D eigenvalue weighted by atomic mass is 15.0. The van der Waals surface area contributed by atoms with Crippen molar-refractivity contribution >= 4 is 22.4 Å². The summed E-state index contributed by atoms with van der Waals surface area (Å²) in [6.07, 6.45) is 5.56. The van der Waals surface area contributed by atoms with Crippen LogP contribution in [0.2, 0.25) is 0 Å². The molecule has 0 aliphatic heterocycles. The molecule has 0 atom stereocenters. The molecule has 130 valence electrons. The predicted molar refractivity (Wildman–Crippen MR) is 110 cm³/mol.